The van der Waals surface area contributed by atoms with E-state index >= 15 is 0 Å². The zero-order chi connectivity index (χ0) is 27.6. The number of carbonyl (C=O) groups excluding carboxylic acids is 2. The van der Waals surface area contributed by atoms with Crippen LogP contribution in [0.15, 0.2) is 93.8 Å². The summed E-state index contributed by atoms with van der Waals surface area (Å²) in [7, 11) is 0. The number of nitrogens with zero attached hydrogens (tertiary/aromatic N) is 5. The Morgan fingerprint density at radius 3 is 2.67 bits per heavy atom. The second kappa shape index (κ2) is 10.9. The van der Waals surface area contributed by atoms with E-state index in [-0.39, 0.29) is 42.6 Å². The lowest BCUT2D eigenvalue weighted by atomic mass is 10.1. The van der Waals surface area contributed by atoms with Crippen LogP contribution in [0.5, 0.6) is 0 Å². The van der Waals surface area contributed by atoms with Crippen LogP contribution < -0.4 is 10.9 Å². The minimum Gasteiger partial charge on any atom is -0.352 e. The van der Waals surface area contributed by atoms with Crippen molar-refractivity contribution < 1.29 is 14.0 Å². The van der Waals surface area contributed by atoms with Gasteiger partial charge in [0.1, 0.15) is 23.3 Å². The number of hydrogen-bond donors (Lipinski definition) is 1. The van der Waals surface area contributed by atoms with Crippen molar-refractivity contribution in [3.05, 3.63) is 112 Å². The molecule has 0 aliphatic carbocycles. The number of aromatic nitrogens is 2. The maximum absolute atomic E-state index is 13.5. The van der Waals surface area contributed by atoms with Gasteiger partial charge in [-0.1, -0.05) is 42.1 Å². The summed E-state index contributed by atoms with van der Waals surface area (Å²) in [5, 5.41) is 3.25. The van der Waals surface area contributed by atoms with Gasteiger partial charge in [-0.2, -0.15) is 0 Å². The summed E-state index contributed by atoms with van der Waals surface area (Å²) >= 11 is 1.30. The molecule has 9 nitrogen and oxygen atoms in total. The van der Waals surface area contributed by atoms with Crippen LogP contribution in [0.3, 0.4) is 0 Å². The van der Waals surface area contributed by atoms with E-state index in [1.54, 1.807) is 30.5 Å². The summed E-state index contributed by atoms with van der Waals surface area (Å²) < 4.78 is 14.6. The number of nitrogens with one attached hydrogen (secondary N) is 1. The minimum atomic E-state index is -0.730. The molecule has 40 heavy (non-hydrogen) atoms. The van der Waals surface area contributed by atoms with Gasteiger partial charge in [-0.3, -0.25) is 23.8 Å². The SMILES string of the molecule is O=C(CC[C@@H]1N=C2c3ccccc3N=C(SCc3cc(=O)n4ccccc4n3)N2C1=O)NCc1ccc(F)cc1. The molecule has 2 aliphatic heterocycles. The Morgan fingerprint density at radius 1 is 1.02 bits per heavy atom. The molecule has 2 amide bonds. The molecular weight excluding hydrogens is 531 g/mol. The van der Waals surface area contributed by atoms with E-state index in [2.05, 4.69) is 10.3 Å². The molecule has 2 aliphatic rings. The quantitative estimate of drug-likeness (QED) is 0.374. The van der Waals surface area contributed by atoms with E-state index in [9.17, 15) is 18.8 Å². The highest BCUT2D eigenvalue weighted by atomic mass is 32.2. The molecule has 0 saturated carbocycles. The van der Waals surface area contributed by atoms with Crippen molar-refractivity contribution in [2.24, 2.45) is 9.98 Å². The normalized spacial score (nSPS) is 15.9. The molecule has 4 heterocycles. The van der Waals surface area contributed by atoms with Gasteiger partial charge in [0.25, 0.3) is 11.5 Å². The van der Waals surface area contributed by atoms with Gasteiger partial charge in [0, 0.05) is 36.5 Å². The molecule has 0 radical (unpaired) electrons. The molecule has 200 valence electrons. The standard InChI is InChI=1S/C29H23FN6O3S/c30-19-10-8-18(9-11-19)16-31-25(37)13-12-23-28(39)36-27(33-23)21-5-1-2-6-22(21)34-29(36)40-17-20-15-26(38)35-14-4-3-7-24(35)32-20/h1-11,14-15,23H,12-13,16-17H2,(H,31,37)/t23-/m0/s1. The first-order chi connectivity index (χ1) is 19.5. The Labute approximate surface area is 232 Å². The van der Waals surface area contributed by atoms with Crippen molar-refractivity contribution in [3.8, 4) is 0 Å². The predicted molar refractivity (Wildman–Crippen MR) is 151 cm³/mol. The molecule has 6 rings (SSSR count). The van der Waals surface area contributed by atoms with E-state index < -0.39 is 6.04 Å². The topological polar surface area (TPSA) is 108 Å². The van der Waals surface area contributed by atoms with Gasteiger partial charge in [0.2, 0.25) is 5.91 Å². The third-order valence-electron chi connectivity index (χ3n) is 6.57. The number of thioether (sulfide) groups is 1. The Balaban J connectivity index is 1.16. The Bertz CT molecular complexity index is 1750. The van der Waals surface area contributed by atoms with Crippen molar-refractivity contribution in [2.45, 2.75) is 31.2 Å². The lowest BCUT2D eigenvalue weighted by Gasteiger charge is -2.25. The smallest absolute Gasteiger partial charge is 0.259 e. The van der Waals surface area contributed by atoms with Crippen molar-refractivity contribution in [2.75, 3.05) is 0 Å². The van der Waals surface area contributed by atoms with Crippen LogP contribution in [-0.4, -0.2) is 43.1 Å². The number of aliphatic imine (C=N–C) groups is 2. The maximum Gasteiger partial charge on any atom is 0.259 e. The van der Waals surface area contributed by atoms with E-state index in [0.717, 1.165) is 11.1 Å². The molecular formula is C29H23FN6O3S. The predicted octanol–water partition coefficient (Wildman–Crippen LogP) is 3.82. The second-order valence-electron chi connectivity index (χ2n) is 9.30. The zero-order valence-corrected chi connectivity index (χ0v) is 22.0. The number of carbonyl (C=O) groups is 2. The average molecular weight is 555 g/mol. The molecule has 0 fully saturated rings. The molecule has 2 aromatic heterocycles. The molecule has 11 heteroatoms. The van der Waals surface area contributed by atoms with Crippen molar-refractivity contribution in [1.29, 1.82) is 0 Å². The van der Waals surface area contributed by atoms with Crippen LogP contribution >= 0.6 is 11.8 Å². The van der Waals surface area contributed by atoms with Crippen molar-refractivity contribution in [1.82, 2.24) is 19.6 Å². The molecule has 1 atom stereocenters. The minimum absolute atomic E-state index is 0.106. The van der Waals surface area contributed by atoms with Gasteiger partial charge in [-0.15, -0.1) is 0 Å². The Hall–Kier alpha value is -4.64. The van der Waals surface area contributed by atoms with Crippen LogP contribution in [0, 0.1) is 5.82 Å². The van der Waals surface area contributed by atoms with Crippen molar-refractivity contribution >= 4 is 45.9 Å². The van der Waals surface area contributed by atoms with Gasteiger partial charge in [0.15, 0.2) is 5.17 Å². The van der Waals surface area contributed by atoms with Crippen LogP contribution in [0.4, 0.5) is 10.1 Å². The fourth-order valence-electron chi connectivity index (χ4n) is 4.56. The number of amides is 2. The number of halogens is 1. The summed E-state index contributed by atoms with van der Waals surface area (Å²) in [6.45, 7) is 0.269. The van der Waals surface area contributed by atoms with Crippen LogP contribution in [0.25, 0.3) is 5.65 Å². The summed E-state index contributed by atoms with van der Waals surface area (Å²) in [5.74, 6) is 0.0139. The molecule has 4 aromatic rings. The number of amidine groups is 2. The molecule has 0 bridgehead atoms. The number of fused-ring (bicyclic) bond motifs is 4. The lowest BCUT2D eigenvalue weighted by molar-refractivity contribution is -0.125. The van der Waals surface area contributed by atoms with E-state index in [4.69, 9.17) is 9.98 Å². The summed E-state index contributed by atoms with van der Waals surface area (Å²) in [6, 6.07) is 19.5. The first-order valence-electron chi connectivity index (χ1n) is 12.7. The Morgan fingerprint density at radius 2 is 1.82 bits per heavy atom. The number of para-hydroxylation sites is 1. The zero-order valence-electron chi connectivity index (χ0n) is 21.2. The molecule has 0 unspecified atom stereocenters. The van der Waals surface area contributed by atoms with Crippen LogP contribution in [0.2, 0.25) is 0 Å². The first-order valence-corrected chi connectivity index (χ1v) is 13.7. The van der Waals surface area contributed by atoms with Gasteiger partial charge in [-0.05, 0) is 48.4 Å². The number of pyridine rings is 1. The third kappa shape index (κ3) is 5.15. The summed E-state index contributed by atoms with van der Waals surface area (Å²) in [4.78, 5) is 54.0. The first kappa shape index (κ1) is 25.6. The van der Waals surface area contributed by atoms with Crippen LogP contribution in [-0.2, 0) is 21.9 Å². The van der Waals surface area contributed by atoms with E-state index in [0.29, 0.717) is 33.8 Å². The second-order valence-corrected chi connectivity index (χ2v) is 10.2. The van der Waals surface area contributed by atoms with Crippen LogP contribution in [0.1, 0.15) is 29.7 Å². The van der Waals surface area contributed by atoms with Crippen molar-refractivity contribution in [3.63, 3.8) is 0 Å². The number of benzene rings is 2. The average Bonchev–Trinajstić information content (AvgIpc) is 3.31. The van der Waals surface area contributed by atoms with E-state index in [1.807, 2.05) is 30.3 Å². The van der Waals surface area contributed by atoms with Gasteiger partial charge < -0.3 is 5.32 Å². The number of hydrogen-bond acceptors (Lipinski definition) is 7. The highest BCUT2D eigenvalue weighted by Gasteiger charge is 2.41. The summed E-state index contributed by atoms with van der Waals surface area (Å²) in [5.41, 5.74) is 3.14. The lowest BCUT2D eigenvalue weighted by Crippen LogP contribution is -2.41. The highest BCUT2D eigenvalue weighted by molar-refractivity contribution is 8.13. The molecule has 1 N–H and O–H groups in total. The largest absolute Gasteiger partial charge is 0.352 e. The monoisotopic (exact) mass is 554 g/mol. The molecule has 2 aromatic carbocycles. The fourth-order valence-corrected chi connectivity index (χ4v) is 5.45. The fraction of sp³-hybridized carbons (Fsp3) is 0.172. The summed E-state index contributed by atoms with van der Waals surface area (Å²) in [6.07, 6.45) is 2.00. The van der Waals surface area contributed by atoms with E-state index in [1.165, 1.54) is 39.3 Å². The molecule has 0 spiro atoms. The number of rotatable bonds is 7. The maximum atomic E-state index is 13.5. The third-order valence-corrected chi connectivity index (χ3v) is 7.54. The van der Waals surface area contributed by atoms with Gasteiger partial charge >= 0.3 is 0 Å². The van der Waals surface area contributed by atoms with Gasteiger partial charge in [-0.25, -0.2) is 19.3 Å². The van der Waals surface area contributed by atoms with Gasteiger partial charge in [0.05, 0.1) is 11.4 Å². The molecule has 0 saturated heterocycles. The highest BCUT2D eigenvalue weighted by Crippen LogP contribution is 2.34. The Kier molecular flexibility index (Phi) is 6.95.